The van der Waals surface area contributed by atoms with Gasteiger partial charge in [-0.25, -0.2) is 0 Å². The van der Waals surface area contributed by atoms with Crippen LogP contribution >= 0.6 is 0 Å². The van der Waals surface area contributed by atoms with E-state index in [1.165, 1.54) is 0 Å². The Morgan fingerprint density at radius 2 is 2.23 bits per heavy atom. The number of hydrogen-bond acceptors (Lipinski definition) is 2. The highest BCUT2D eigenvalue weighted by Crippen LogP contribution is 2.31. The Hall–Kier alpha value is -1.31. The molecule has 13 heavy (non-hydrogen) atoms. The summed E-state index contributed by atoms with van der Waals surface area (Å²) in [5.74, 6) is 0.842. The molecule has 0 bridgehead atoms. The van der Waals surface area contributed by atoms with Crippen molar-refractivity contribution in [1.29, 1.82) is 0 Å². The summed E-state index contributed by atoms with van der Waals surface area (Å²) in [6, 6.07) is 5.26. The first kappa shape index (κ1) is 8.30. The lowest BCUT2D eigenvalue weighted by molar-refractivity contribution is -0.119. The minimum Gasteiger partial charge on any atom is -0.508 e. The summed E-state index contributed by atoms with van der Waals surface area (Å²) < 4.78 is 0. The molecule has 0 heterocycles. The van der Waals surface area contributed by atoms with Crippen molar-refractivity contribution in [3.8, 4) is 5.75 Å². The first-order valence-corrected chi connectivity index (χ1v) is 4.50. The number of carbonyl (C=O) groups is 1. The molecular weight excluding hydrogens is 164 g/mol. The van der Waals surface area contributed by atoms with Crippen LogP contribution in [-0.4, -0.2) is 10.9 Å². The fourth-order valence-electron chi connectivity index (χ4n) is 1.94. The molecule has 1 aliphatic rings. The quantitative estimate of drug-likeness (QED) is 0.656. The van der Waals surface area contributed by atoms with Crippen LogP contribution in [0.1, 0.15) is 30.4 Å². The molecule has 2 heteroatoms. The zero-order chi connectivity index (χ0) is 9.42. The van der Waals surface area contributed by atoms with Crippen LogP contribution in [0.2, 0.25) is 0 Å². The molecule has 2 nitrogen and oxygen atoms in total. The van der Waals surface area contributed by atoms with E-state index in [0.717, 1.165) is 11.1 Å². The molecule has 0 spiro atoms. The average molecular weight is 176 g/mol. The fourth-order valence-corrected chi connectivity index (χ4v) is 1.94. The van der Waals surface area contributed by atoms with Gasteiger partial charge in [-0.05, 0) is 29.2 Å². The lowest BCUT2D eigenvalue weighted by atomic mass is 9.83. The molecule has 1 N–H and O–H groups in total. The second-order valence-electron chi connectivity index (χ2n) is 3.70. The number of rotatable bonds is 0. The summed E-state index contributed by atoms with van der Waals surface area (Å²) in [5.41, 5.74) is 2.20. The molecule has 2 rings (SSSR count). The van der Waals surface area contributed by atoms with E-state index >= 15 is 0 Å². The monoisotopic (exact) mass is 176 g/mol. The summed E-state index contributed by atoms with van der Waals surface area (Å²) in [6.45, 7) is 2.02. The maximum absolute atomic E-state index is 11.3. The minimum atomic E-state index is 0.253. The Labute approximate surface area is 77.2 Å². The fraction of sp³-hybridized carbons (Fsp3) is 0.364. The van der Waals surface area contributed by atoms with Crippen molar-refractivity contribution in [2.45, 2.75) is 25.7 Å². The van der Waals surface area contributed by atoms with Crippen LogP contribution in [0.4, 0.5) is 0 Å². The van der Waals surface area contributed by atoms with Crippen molar-refractivity contribution in [3.63, 3.8) is 0 Å². The Morgan fingerprint density at radius 3 is 3.00 bits per heavy atom. The van der Waals surface area contributed by atoms with E-state index < -0.39 is 0 Å². The van der Waals surface area contributed by atoms with Crippen LogP contribution in [0.3, 0.4) is 0 Å². The molecule has 0 aliphatic heterocycles. The lowest BCUT2D eigenvalue weighted by Gasteiger charge is -2.21. The van der Waals surface area contributed by atoms with Gasteiger partial charge in [0.2, 0.25) is 0 Å². The third-order valence-corrected chi connectivity index (χ3v) is 2.58. The number of ketones is 1. The highest BCUT2D eigenvalue weighted by atomic mass is 16.3. The van der Waals surface area contributed by atoms with Crippen LogP contribution in [-0.2, 0) is 11.2 Å². The number of aromatic hydroxyl groups is 1. The Morgan fingerprint density at radius 1 is 1.46 bits per heavy atom. The molecule has 68 valence electrons. The average Bonchev–Trinajstić information content (AvgIpc) is 2.06. The summed E-state index contributed by atoms with van der Waals surface area (Å²) >= 11 is 0. The minimum absolute atomic E-state index is 0.253. The van der Waals surface area contributed by atoms with Gasteiger partial charge in [0.25, 0.3) is 0 Å². The molecule has 0 fully saturated rings. The third-order valence-electron chi connectivity index (χ3n) is 2.58. The number of fused-ring (bicyclic) bond motifs is 1. The van der Waals surface area contributed by atoms with Gasteiger partial charge in [-0.2, -0.15) is 0 Å². The standard InChI is InChI=1S/C11H12O2/c1-7-4-10(13)5-8-2-3-9(12)6-11(7)8/h2-3,6-7,12H,4-5H2,1H3. The topological polar surface area (TPSA) is 37.3 Å². The number of carbonyl (C=O) groups excluding carboxylic acids is 1. The Balaban J connectivity index is 2.49. The molecule has 0 aromatic heterocycles. The van der Waals surface area contributed by atoms with Gasteiger partial charge in [0.1, 0.15) is 11.5 Å². The number of phenols is 1. The SMILES string of the molecule is CC1CC(=O)Cc2ccc(O)cc21. The van der Waals surface area contributed by atoms with Gasteiger partial charge >= 0.3 is 0 Å². The van der Waals surface area contributed by atoms with E-state index in [0.29, 0.717) is 24.4 Å². The number of benzene rings is 1. The van der Waals surface area contributed by atoms with Crippen molar-refractivity contribution in [2.75, 3.05) is 0 Å². The zero-order valence-corrected chi connectivity index (χ0v) is 7.58. The van der Waals surface area contributed by atoms with E-state index in [2.05, 4.69) is 0 Å². The van der Waals surface area contributed by atoms with Crippen LogP contribution in [0.5, 0.6) is 5.75 Å². The van der Waals surface area contributed by atoms with Crippen molar-refractivity contribution >= 4 is 5.78 Å². The van der Waals surface area contributed by atoms with Crippen LogP contribution in [0.15, 0.2) is 18.2 Å². The first-order valence-electron chi connectivity index (χ1n) is 4.50. The molecule has 1 unspecified atom stereocenters. The van der Waals surface area contributed by atoms with Gasteiger partial charge < -0.3 is 5.11 Å². The number of Topliss-reactive ketones (excluding diaryl/α,β-unsaturated/α-hetero) is 1. The highest BCUT2D eigenvalue weighted by Gasteiger charge is 2.21. The largest absolute Gasteiger partial charge is 0.508 e. The van der Waals surface area contributed by atoms with E-state index in [1.807, 2.05) is 13.0 Å². The molecule has 1 aromatic rings. The number of hydrogen-bond donors (Lipinski definition) is 1. The summed E-state index contributed by atoms with van der Waals surface area (Å²) in [7, 11) is 0. The molecular formula is C11H12O2. The second-order valence-corrected chi connectivity index (χ2v) is 3.70. The maximum atomic E-state index is 11.3. The summed E-state index contributed by atoms with van der Waals surface area (Å²) in [5, 5.41) is 9.29. The van der Waals surface area contributed by atoms with Gasteiger partial charge in [0.15, 0.2) is 0 Å². The van der Waals surface area contributed by atoms with Crippen LogP contribution in [0.25, 0.3) is 0 Å². The molecule has 0 amide bonds. The van der Waals surface area contributed by atoms with E-state index in [9.17, 15) is 9.90 Å². The molecule has 0 saturated carbocycles. The Bertz CT molecular complexity index is 355. The van der Waals surface area contributed by atoms with Crippen molar-refractivity contribution in [3.05, 3.63) is 29.3 Å². The van der Waals surface area contributed by atoms with E-state index in [4.69, 9.17) is 0 Å². The predicted octanol–water partition coefficient (Wildman–Crippen LogP) is 2.01. The smallest absolute Gasteiger partial charge is 0.137 e. The third kappa shape index (κ3) is 1.44. The lowest BCUT2D eigenvalue weighted by Crippen LogP contribution is -2.16. The molecule has 0 saturated heterocycles. The zero-order valence-electron chi connectivity index (χ0n) is 7.58. The van der Waals surface area contributed by atoms with Gasteiger partial charge in [0, 0.05) is 12.8 Å². The highest BCUT2D eigenvalue weighted by molar-refractivity contribution is 5.84. The first-order chi connectivity index (χ1) is 6.16. The Kier molecular flexibility index (Phi) is 1.83. The van der Waals surface area contributed by atoms with E-state index in [-0.39, 0.29) is 5.92 Å². The summed E-state index contributed by atoms with van der Waals surface area (Å²) in [6.07, 6.45) is 1.14. The normalized spacial score (nSPS) is 21.3. The summed E-state index contributed by atoms with van der Waals surface area (Å²) in [4.78, 5) is 11.3. The van der Waals surface area contributed by atoms with Crippen molar-refractivity contribution < 1.29 is 9.90 Å². The predicted molar refractivity (Wildman–Crippen MR) is 49.8 cm³/mol. The van der Waals surface area contributed by atoms with E-state index in [1.54, 1.807) is 12.1 Å². The maximum Gasteiger partial charge on any atom is 0.137 e. The van der Waals surface area contributed by atoms with Gasteiger partial charge in [-0.1, -0.05) is 13.0 Å². The molecule has 0 radical (unpaired) electrons. The van der Waals surface area contributed by atoms with Gasteiger partial charge in [-0.15, -0.1) is 0 Å². The molecule has 1 aliphatic carbocycles. The van der Waals surface area contributed by atoms with Crippen LogP contribution < -0.4 is 0 Å². The number of phenolic OH excluding ortho intramolecular Hbond substituents is 1. The van der Waals surface area contributed by atoms with Crippen LogP contribution in [0, 0.1) is 0 Å². The van der Waals surface area contributed by atoms with Gasteiger partial charge in [-0.3, -0.25) is 4.79 Å². The second kappa shape index (κ2) is 2.87. The van der Waals surface area contributed by atoms with Crippen molar-refractivity contribution in [2.24, 2.45) is 0 Å². The molecule has 1 atom stereocenters. The van der Waals surface area contributed by atoms with Gasteiger partial charge in [0.05, 0.1) is 0 Å². The van der Waals surface area contributed by atoms with Crippen molar-refractivity contribution in [1.82, 2.24) is 0 Å². The molecule has 1 aromatic carbocycles.